The molecule has 0 spiro atoms. The summed E-state index contributed by atoms with van der Waals surface area (Å²) in [6.45, 7) is 0. The Kier molecular flexibility index (Phi) is 3.58. The summed E-state index contributed by atoms with van der Waals surface area (Å²) in [5.74, 6) is 0. The van der Waals surface area contributed by atoms with Gasteiger partial charge in [0.15, 0.2) is 4.34 Å². The minimum absolute atomic E-state index is 0.585. The molecule has 0 bridgehead atoms. The Labute approximate surface area is 128 Å². The highest BCUT2D eigenvalue weighted by atomic mass is 35.5. The fourth-order valence-electron chi connectivity index (χ4n) is 1.56. The molecule has 0 saturated heterocycles. The van der Waals surface area contributed by atoms with E-state index in [2.05, 4.69) is 11.1 Å². The molecular weight excluding hydrogens is 319 g/mol. The summed E-state index contributed by atoms with van der Waals surface area (Å²) >= 11 is 15.1. The number of nitrogen functional groups attached to an aromatic ring is 1. The highest BCUT2D eigenvalue weighted by molar-refractivity contribution is 8.01. The van der Waals surface area contributed by atoms with Crippen molar-refractivity contribution in [1.29, 1.82) is 0 Å². The van der Waals surface area contributed by atoms with Crippen LogP contribution in [0.25, 0.3) is 10.2 Å². The monoisotopic (exact) mass is 325 g/mol. The van der Waals surface area contributed by atoms with E-state index >= 15 is 0 Å². The second kappa shape index (κ2) is 5.21. The molecule has 0 unspecified atom stereocenters. The van der Waals surface area contributed by atoms with Crippen LogP contribution in [0.1, 0.15) is 0 Å². The van der Waals surface area contributed by atoms with Gasteiger partial charge in [-0.25, -0.2) is 4.98 Å². The zero-order valence-electron chi connectivity index (χ0n) is 9.48. The van der Waals surface area contributed by atoms with Gasteiger partial charge in [0, 0.05) is 21.7 Å². The van der Waals surface area contributed by atoms with Gasteiger partial charge in [-0.05, 0) is 30.3 Å². The van der Waals surface area contributed by atoms with Crippen molar-refractivity contribution in [3.8, 4) is 0 Å². The highest BCUT2D eigenvalue weighted by Gasteiger charge is 2.09. The first kappa shape index (κ1) is 13.1. The fraction of sp³-hybridized carbons (Fsp3) is 0. The average Bonchev–Trinajstić information content (AvgIpc) is 2.74. The van der Waals surface area contributed by atoms with E-state index in [1.165, 1.54) is 11.8 Å². The van der Waals surface area contributed by atoms with Crippen LogP contribution in [0.2, 0.25) is 10.0 Å². The smallest absolute Gasteiger partial charge is 0.155 e. The largest absolute Gasteiger partial charge is 0.399 e. The standard InChI is InChI=1S/C13H7Cl2N2S2/c14-7-1-3-12-10(5-7)17-13(19-12)18-11-4-2-8(16)6-9(11)15/h1-3,5-6H,16H2. The molecule has 1 aromatic heterocycles. The van der Waals surface area contributed by atoms with Crippen molar-refractivity contribution in [2.75, 3.05) is 5.73 Å². The third-order valence-electron chi connectivity index (χ3n) is 2.40. The number of aromatic nitrogens is 1. The maximum absolute atomic E-state index is 6.13. The van der Waals surface area contributed by atoms with Crippen LogP contribution in [0.5, 0.6) is 0 Å². The van der Waals surface area contributed by atoms with Gasteiger partial charge in [0.1, 0.15) is 0 Å². The molecule has 0 fully saturated rings. The lowest BCUT2D eigenvalue weighted by Crippen LogP contribution is -1.84. The summed E-state index contributed by atoms with van der Waals surface area (Å²) in [5.41, 5.74) is 7.14. The van der Waals surface area contributed by atoms with E-state index < -0.39 is 0 Å². The third-order valence-corrected chi connectivity index (χ3v) is 5.18. The molecule has 2 aromatic carbocycles. The molecule has 1 radical (unpaired) electrons. The quantitative estimate of drug-likeness (QED) is 0.663. The van der Waals surface area contributed by atoms with Gasteiger partial charge in [-0.15, -0.1) is 11.3 Å². The normalized spacial score (nSPS) is 11.1. The topological polar surface area (TPSA) is 38.9 Å². The van der Waals surface area contributed by atoms with Crippen molar-refractivity contribution in [2.45, 2.75) is 9.24 Å². The molecule has 3 aromatic rings. The van der Waals surface area contributed by atoms with Gasteiger partial charge in [-0.1, -0.05) is 35.0 Å². The Bertz CT molecular complexity index is 755. The number of anilines is 1. The fourth-order valence-corrected chi connectivity index (χ4v) is 3.98. The van der Waals surface area contributed by atoms with Gasteiger partial charge < -0.3 is 5.73 Å². The number of hydrogen-bond acceptors (Lipinski definition) is 4. The molecule has 1 heterocycles. The van der Waals surface area contributed by atoms with Gasteiger partial charge in [0.25, 0.3) is 0 Å². The summed E-state index contributed by atoms with van der Waals surface area (Å²) in [5, 5.41) is 1.27. The predicted octanol–water partition coefficient (Wildman–Crippen LogP) is 5.14. The van der Waals surface area contributed by atoms with E-state index in [0.29, 0.717) is 15.7 Å². The first-order valence-corrected chi connectivity index (χ1v) is 7.71. The van der Waals surface area contributed by atoms with Crippen LogP contribution in [0.3, 0.4) is 0 Å². The number of hydrogen-bond donors (Lipinski definition) is 1. The molecule has 19 heavy (non-hydrogen) atoms. The predicted molar refractivity (Wildman–Crippen MR) is 83.5 cm³/mol. The lowest BCUT2D eigenvalue weighted by Gasteiger charge is -2.01. The van der Waals surface area contributed by atoms with Crippen LogP contribution in [-0.2, 0) is 0 Å². The first-order valence-electron chi connectivity index (χ1n) is 5.32. The summed E-state index contributed by atoms with van der Waals surface area (Å²) in [6.07, 6.45) is 0. The third kappa shape index (κ3) is 2.82. The Morgan fingerprint density at radius 3 is 2.89 bits per heavy atom. The van der Waals surface area contributed by atoms with E-state index in [1.54, 1.807) is 23.5 Å². The van der Waals surface area contributed by atoms with Crippen LogP contribution in [0.15, 0.2) is 39.6 Å². The van der Waals surface area contributed by atoms with Gasteiger partial charge in [-0.2, -0.15) is 0 Å². The molecule has 0 aliphatic carbocycles. The van der Waals surface area contributed by atoms with Crippen LogP contribution >= 0.6 is 46.3 Å². The van der Waals surface area contributed by atoms with Crippen molar-refractivity contribution in [2.24, 2.45) is 0 Å². The van der Waals surface area contributed by atoms with E-state index in [0.717, 1.165) is 19.5 Å². The summed E-state index contributed by atoms with van der Waals surface area (Å²) in [4.78, 5) is 5.34. The number of nitrogens with zero attached hydrogens (tertiary/aromatic N) is 1. The van der Waals surface area contributed by atoms with Gasteiger partial charge in [-0.3, -0.25) is 0 Å². The van der Waals surface area contributed by atoms with E-state index in [9.17, 15) is 0 Å². The van der Waals surface area contributed by atoms with E-state index in [4.69, 9.17) is 28.9 Å². The summed E-state index contributed by atoms with van der Waals surface area (Å²) in [7, 11) is 0. The Morgan fingerprint density at radius 2 is 2.11 bits per heavy atom. The molecule has 0 amide bonds. The lowest BCUT2D eigenvalue weighted by atomic mass is 10.3. The molecule has 0 atom stereocenters. The molecule has 0 saturated carbocycles. The summed E-state index contributed by atoms with van der Waals surface area (Å²) < 4.78 is 2.00. The number of benzene rings is 2. The highest BCUT2D eigenvalue weighted by Crippen LogP contribution is 2.38. The minimum atomic E-state index is 0.585. The Balaban J connectivity index is 1.96. The van der Waals surface area contributed by atoms with Crippen LogP contribution < -0.4 is 5.73 Å². The molecule has 0 aliphatic heterocycles. The van der Waals surface area contributed by atoms with Crippen LogP contribution in [0.4, 0.5) is 5.69 Å². The second-order valence-corrected chi connectivity index (χ2v) is 6.94. The van der Waals surface area contributed by atoms with Crippen molar-refractivity contribution < 1.29 is 0 Å². The zero-order valence-corrected chi connectivity index (χ0v) is 12.6. The number of halogens is 2. The number of rotatable bonds is 2. The van der Waals surface area contributed by atoms with Gasteiger partial charge in [0.05, 0.1) is 15.2 Å². The molecule has 95 valence electrons. The zero-order chi connectivity index (χ0) is 13.4. The lowest BCUT2D eigenvalue weighted by molar-refractivity contribution is 1.29. The van der Waals surface area contributed by atoms with E-state index in [-0.39, 0.29) is 0 Å². The maximum Gasteiger partial charge on any atom is 0.155 e. The second-order valence-electron chi connectivity index (χ2n) is 3.80. The molecule has 6 heteroatoms. The van der Waals surface area contributed by atoms with Crippen molar-refractivity contribution in [1.82, 2.24) is 4.98 Å². The number of thiazole rings is 1. The molecular formula is C13H7Cl2N2S2. The van der Waals surface area contributed by atoms with Crippen molar-refractivity contribution >= 4 is 62.2 Å². The number of nitrogens with two attached hydrogens (primary N) is 1. The van der Waals surface area contributed by atoms with E-state index in [1.807, 2.05) is 18.2 Å². The van der Waals surface area contributed by atoms with Crippen molar-refractivity contribution in [3.63, 3.8) is 0 Å². The molecule has 0 aliphatic rings. The molecule has 3 rings (SSSR count). The minimum Gasteiger partial charge on any atom is -0.399 e. The molecule has 2 N–H and O–H groups in total. The number of fused-ring (bicyclic) bond motifs is 1. The van der Waals surface area contributed by atoms with Crippen molar-refractivity contribution in [3.05, 3.63) is 46.4 Å². The first-order chi connectivity index (χ1) is 9.11. The Hall–Kier alpha value is -0.940. The maximum atomic E-state index is 6.13. The van der Waals surface area contributed by atoms with Crippen LogP contribution in [-0.4, -0.2) is 4.98 Å². The van der Waals surface area contributed by atoms with Crippen LogP contribution in [0, 0.1) is 6.07 Å². The summed E-state index contributed by atoms with van der Waals surface area (Å²) in [6, 6.07) is 12.2. The SMILES string of the molecule is Nc1c[c]c(Sc2nc3cc(Cl)ccc3s2)c(Cl)c1. The average molecular weight is 326 g/mol. The Morgan fingerprint density at radius 1 is 1.26 bits per heavy atom. The molecule has 2 nitrogen and oxygen atoms in total. The van der Waals surface area contributed by atoms with Gasteiger partial charge >= 0.3 is 0 Å². The van der Waals surface area contributed by atoms with Gasteiger partial charge in [0.2, 0.25) is 0 Å².